The van der Waals surface area contributed by atoms with Crippen molar-refractivity contribution in [3.05, 3.63) is 42.2 Å². The van der Waals surface area contributed by atoms with E-state index in [1.807, 2.05) is 12.1 Å². The van der Waals surface area contributed by atoms with Crippen molar-refractivity contribution >= 4 is 11.9 Å². The maximum Gasteiger partial charge on any atom is 0.226 e. The monoisotopic (exact) mass is 438 g/mol. The van der Waals surface area contributed by atoms with Gasteiger partial charge in [0.25, 0.3) is 0 Å². The van der Waals surface area contributed by atoms with Crippen LogP contribution in [0.1, 0.15) is 44.1 Å². The molecule has 0 aliphatic carbocycles. The Bertz CT molecular complexity index is 884. The fourth-order valence-electron chi connectivity index (χ4n) is 4.98. The predicted molar refractivity (Wildman–Crippen MR) is 124 cm³/mol. The molecule has 1 unspecified atom stereocenters. The Balaban J connectivity index is 1.34. The molecule has 172 valence electrons. The number of hydrogen-bond acceptors (Lipinski definition) is 6. The van der Waals surface area contributed by atoms with Gasteiger partial charge in [-0.3, -0.25) is 4.79 Å². The van der Waals surface area contributed by atoms with Gasteiger partial charge < -0.3 is 19.3 Å². The number of aromatic nitrogens is 2. The Morgan fingerprint density at radius 2 is 1.75 bits per heavy atom. The topological polar surface area (TPSA) is 67.8 Å². The summed E-state index contributed by atoms with van der Waals surface area (Å²) in [5.41, 5.74) is 1.22. The highest BCUT2D eigenvalue weighted by Crippen LogP contribution is 2.30. The molecule has 1 aromatic carbocycles. The number of carbonyl (C=O) groups excluding carboxylic acids is 1. The molecule has 2 aliphatic rings. The first-order valence-electron chi connectivity index (χ1n) is 11.7. The molecule has 1 aromatic heterocycles. The van der Waals surface area contributed by atoms with E-state index in [0.717, 1.165) is 75.6 Å². The molecule has 0 N–H and O–H groups in total. The lowest BCUT2D eigenvalue weighted by molar-refractivity contribution is -0.140. The van der Waals surface area contributed by atoms with Gasteiger partial charge in [0.2, 0.25) is 11.9 Å². The van der Waals surface area contributed by atoms with Gasteiger partial charge in [-0.15, -0.1) is 0 Å². The van der Waals surface area contributed by atoms with Gasteiger partial charge in [-0.1, -0.05) is 6.07 Å². The second-order valence-corrected chi connectivity index (χ2v) is 8.72. The van der Waals surface area contributed by atoms with E-state index in [1.165, 1.54) is 12.0 Å². The van der Waals surface area contributed by atoms with E-state index in [0.29, 0.717) is 11.9 Å². The molecule has 1 amide bonds. The number of hydrogen-bond donors (Lipinski definition) is 0. The zero-order chi connectivity index (χ0) is 22.3. The zero-order valence-corrected chi connectivity index (χ0v) is 19.2. The molecule has 0 bridgehead atoms. The fourth-order valence-corrected chi connectivity index (χ4v) is 4.98. The van der Waals surface area contributed by atoms with Gasteiger partial charge in [0.15, 0.2) is 11.5 Å². The third kappa shape index (κ3) is 5.14. The van der Waals surface area contributed by atoms with E-state index in [4.69, 9.17) is 9.47 Å². The van der Waals surface area contributed by atoms with Gasteiger partial charge in [0.1, 0.15) is 0 Å². The Kier molecular flexibility index (Phi) is 7.45. The molecule has 2 aromatic rings. The number of ether oxygens (including phenoxy) is 2. The Labute approximate surface area is 190 Å². The summed E-state index contributed by atoms with van der Waals surface area (Å²) in [4.78, 5) is 26.5. The van der Waals surface area contributed by atoms with Crippen LogP contribution in [0.2, 0.25) is 0 Å². The average molecular weight is 439 g/mol. The molecule has 1 atom stereocenters. The quantitative estimate of drug-likeness (QED) is 0.656. The normalized spacial score (nSPS) is 19.6. The summed E-state index contributed by atoms with van der Waals surface area (Å²) in [5.74, 6) is 2.73. The first-order valence-corrected chi connectivity index (χ1v) is 11.7. The Morgan fingerprint density at radius 3 is 2.47 bits per heavy atom. The summed E-state index contributed by atoms with van der Waals surface area (Å²) in [6, 6.07) is 8.26. The zero-order valence-electron chi connectivity index (χ0n) is 19.2. The van der Waals surface area contributed by atoms with Crippen molar-refractivity contribution in [3.63, 3.8) is 0 Å². The van der Waals surface area contributed by atoms with Crippen molar-refractivity contribution in [2.45, 2.75) is 51.0 Å². The van der Waals surface area contributed by atoms with Crippen LogP contribution in [0.25, 0.3) is 0 Å². The number of carbonyl (C=O) groups is 1. The molecule has 2 fully saturated rings. The fraction of sp³-hybridized carbons (Fsp3) is 0.560. The van der Waals surface area contributed by atoms with Crippen LogP contribution in [0.4, 0.5) is 5.95 Å². The molecule has 3 heterocycles. The molecular weight excluding hydrogens is 404 g/mol. The van der Waals surface area contributed by atoms with Crippen LogP contribution >= 0.6 is 0 Å². The van der Waals surface area contributed by atoms with Crippen molar-refractivity contribution in [1.29, 1.82) is 0 Å². The molecule has 7 nitrogen and oxygen atoms in total. The van der Waals surface area contributed by atoms with Crippen molar-refractivity contribution in [2.75, 3.05) is 38.8 Å². The van der Waals surface area contributed by atoms with Crippen LogP contribution < -0.4 is 14.4 Å². The number of methoxy groups -OCH3 is 2. The number of anilines is 1. The second kappa shape index (κ2) is 10.7. The summed E-state index contributed by atoms with van der Waals surface area (Å²) in [6.07, 6.45) is 10.6. The third-order valence-electron chi connectivity index (χ3n) is 6.80. The van der Waals surface area contributed by atoms with Crippen LogP contribution in [0, 0.1) is 5.92 Å². The van der Waals surface area contributed by atoms with Gasteiger partial charge in [-0.25, -0.2) is 9.97 Å². The predicted octanol–water partition coefficient (Wildman–Crippen LogP) is 3.72. The van der Waals surface area contributed by atoms with E-state index < -0.39 is 0 Å². The van der Waals surface area contributed by atoms with E-state index in [2.05, 4.69) is 31.9 Å². The van der Waals surface area contributed by atoms with Crippen molar-refractivity contribution in [1.82, 2.24) is 14.9 Å². The summed E-state index contributed by atoms with van der Waals surface area (Å²) >= 11 is 0. The highest BCUT2D eigenvalue weighted by Gasteiger charge is 2.33. The number of aryl methyl sites for hydroxylation is 1. The first-order chi connectivity index (χ1) is 15.7. The van der Waals surface area contributed by atoms with Crippen LogP contribution in [-0.4, -0.2) is 60.7 Å². The number of nitrogens with zero attached hydrogens (tertiary/aromatic N) is 4. The highest BCUT2D eigenvalue weighted by atomic mass is 16.5. The van der Waals surface area contributed by atoms with Gasteiger partial charge >= 0.3 is 0 Å². The van der Waals surface area contributed by atoms with Gasteiger partial charge in [0.05, 0.1) is 14.2 Å². The number of rotatable bonds is 7. The first kappa shape index (κ1) is 22.4. The number of amides is 1. The molecule has 0 spiro atoms. The summed E-state index contributed by atoms with van der Waals surface area (Å²) in [7, 11) is 3.32. The summed E-state index contributed by atoms with van der Waals surface area (Å²) in [6.45, 7) is 2.56. The van der Waals surface area contributed by atoms with Crippen LogP contribution in [0.15, 0.2) is 36.7 Å². The smallest absolute Gasteiger partial charge is 0.226 e. The minimum Gasteiger partial charge on any atom is -0.493 e. The summed E-state index contributed by atoms with van der Waals surface area (Å²) < 4.78 is 10.8. The lowest BCUT2D eigenvalue weighted by Crippen LogP contribution is -2.49. The van der Waals surface area contributed by atoms with Crippen molar-refractivity contribution in [2.24, 2.45) is 5.92 Å². The molecule has 4 rings (SSSR count). The van der Waals surface area contributed by atoms with E-state index in [-0.39, 0.29) is 5.92 Å². The van der Waals surface area contributed by atoms with Crippen molar-refractivity contribution < 1.29 is 14.3 Å². The van der Waals surface area contributed by atoms with Crippen LogP contribution in [0.5, 0.6) is 11.5 Å². The lowest BCUT2D eigenvalue weighted by Gasteiger charge is -2.40. The SMILES string of the molecule is COc1ccc(CCC2CCCCN2C(=O)C2CCN(c3ncccn3)CC2)cc1OC. The average Bonchev–Trinajstić information content (AvgIpc) is 2.87. The van der Waals surface area contributed by atoms with Crippen LogP contribution in [0.3, 0.4) is 0 Å². The standard InChI is InChI=1S/C25H34N4O3/c1-31-22-10-8-19(18-23(22)32-2)7-9-21-6-3-4-15-29(21)24(30)20-11-16-28(17-12-20)25-26-13-5-14-27-25/h5,8,10,13-14,18,20-21H,3-4,6-7,9,11-12,15-17H2,1-2H3. The lowest BCUT2D eigenvalue weighted by atomic mass is 9.90. The largest absolute Gasteiger partial charge is 0.493 e. The Morgan fingerprint density at radius 1 is 1.00 bits per heavy atom. The minimum atomic E-state index is 0.108. The number of likely N-dealkylation sites (tertiary alicyclic amines) is 1. The van der Waals surface area contributed by atoms with E-state index in [9.17, 15) is 4.79 Å². The molecule has 32 heavy (non-hydrogen) atoms. The summed E-state index contributed by atoms with van der Waals surface area (Å²) in [5, 5.41) is 0. The molecule has 7 heteroatoms. The maximum absolute atomic E-state index is 13.4. The molecular formula is C25H34N4O3. The van der Waals surface area contributed by atoms with Gasteiger partial charge in [-0.2, -0.15) is 0 Å². The van der Waals surface area contributed by atoms with E-state index >= 15 is 0 Å². The van der Waals surface area contributed by atoms with E-state index in [1.54, 1.807) is 26.6 Å². The maximum atomic E-state index is 13.4. The second-order valence-electron chi connectivity index (χ2n) is 8.72. The third-order valence-corrected chi connectivity index (χ3v) is 6.80. The highest BCUT2D eigenvalue weighted by molar-refractivity contribution is 5.79. The van der Waals surface area contributed by atoms with Crippen molar-refractivity contribution in [3.8, 4) is 11.5 Å². The molecule has 2 aliphatic heterocycles. The van der Waals surface area contributed by atoms with Gasteiger partial charge in [0, 0.05) is 44.0 Å². The van der Waals surface area contributed by atoms with Gasteiger partial charge in [-0.05, 0) is 68.7 Å². The molecule has 0 saturated carbocycles. The van der Waals surface area contributed by atoms with Crippen LogP contribution in [-0.2, 0) is 11.2 Å². The minimum absolute atomic E-state index is 0.108. The number of benzene rings is 1. The number of piperidine rings is 2. The Hall–Kier alpha value is -2.83. The molecule has 0 radical (unpaired) electrons. The molecule has 2 saturated heterocycles.